The SMILES string of the molecule is COc1c(C(=O)O)cc(N)c(Cl)c1F. The van der Waals surface area contributed by atoms with Crippen LogP contribution in [0.2, 0.25) is 5.02 Å². The van der Waals surface area contributed by atoms with Gasteiger partial charge in [-0.2, -0.15) is 0 Å². The molecule has 0 amide bonds. The Morgan fingerprint density at radius 3 is 2.71 bits per heavy atom. The zero-order valence-corrected chi connectivity index (χ0v) is 7.93. The molecule has 1 aromatic carbocycles. The molecule has 0 aliphatic heterocycles. The number of methoxy groups -OCH3 is 1. The summed E-state index contributed by atoms with van der Waals surface area (Å²) in [5.41, 5.74) is 4.80. The van der Waals surface area contributed by atoms with E-state index in [1.54, 1.807) is 0 Å². The van der Waals surface area contributed by atoms with Crippen molar-refractivity contribution in [1.29, 1.82) is 0 Å². The highest BCUT2D eigenvalue weighted by Gasteiger charge is 2.20. The van der Waals surface area contributed by atoms with Gasteiger partial charge in [-0.25, -0.2) is 9.18 Å². The van der Waals surface area contributed by atoms with Crippen molar-refractivity contribution >= 4 is 23.3 Å². The van der Waals surface area contributed by atoms with Crippen LogP contribution in [-0.4, -0.2) is 18.2 Å². The minimum Gasteiger partial charge on any atom is -0.493 e. The van der Waals surface area contributed by atoms with Gasteiger partial charge in [-0.15, -0.1) is 0 Å². The fourth-order valence-electron chi connectivity index (χ4n) is 0.987. The molecule has 0 unspecified atom stereocenters. The molecular weight excluding hydrogens is 213 g/mol. The molecule has 1 aromatic rings. The lowest BCUT2D eigenvalue weighted by Gasteiger charge is -2.08. The van der Waals surface area contributed by atoms with Gasteiger partial charge in [-0.3, -0.25) is 0 Å². The summed E-state index contributed by atoms with van der Waals surface area (Å²) in [5.74, 6) is -2.72. The van der Waals surface area contributed by atoms with E-state index in [-0.39, 0.29) is 16.3 Å². The van der Waals surface area contributed by atoms with Crippen molar-refractivity contribution in [3.05, 3.63) is 22.5 Å². The quantitative estimate of drug-likeness (QED) is 0.744. The van der Waals surface area contributed by atoms with Crippen LogP contribution in [0.4, 0.5) is 10.1 Å². The van der Waals surface area contributed by atoms with Crippen molar-refractivity contribution in [3.63, 3.8) is 0 Å². The summed E-state index contributed by atoms with van der Waals surface area (Å²) in [6, 6.07) is 1.05. The summed E-state index contributed by atoms with van der Waals surface area (Å²) >= 11 is 5.47. The molecule has 14 heavy (non-hydrogen) atoms. The Morgan fingerprint density at radius 2 is 2.29 bits per heavy atom. The minimum atomic E-state index is -1.33. The lowest BCUT2D eigenvalue weighted by atomic mass is 10.1. The number of anilines is 1. The molecule has 0 saturated heterocycles. The van der Waals surface area contributed by atoms with E-state index in [0.717, 1.165) is 13.2 Å². The highest BCUT2D eigenvalue weighted by Crippen LogP contribution is 2.33. The van der Waals surface area contributed by atoms with Crippen molar-refractivity contribution in [3.8, 4) is 5.75 Å². The largest absolute Gasteiger partial charge is 0.493 e. The maximum atomic E-state index is 13.3. The second-order valence-electron chi connectivity index (χ2n) is 2.48. The number of ether oxygens (including phenoxy) is 1. The minimum absolute atomic E-state index is 0.137. The molecular formula is C8H7ClFNO3. The Labute approximate surface area is 84.0 Å². The maximum absolute atomic E-state index is 13.3. The lowest BCUT2D eigenvalue weighted by molar-refractivity contribution is 0.0692. The summed E-state index contributed by atoms with van der Waals surface area (Å²) in [6.45, 7) is 0. The van der Waals surface area contributed by atoms with Gasteiger partial charge in [0.25, 0.3) is 0 Å². The van der Waals surface area contributed by atoms with Crippen molar-refractivity contribution in [2.45, 2.75) is 0 Å². The number of hydrogen-bond acceptors (Lipinski definition) is 3. The summed E-state index contributed by atoms with van der Waals surface area (Å²) < 4.78 is 17.9. The Bertz CT molecular complexity index is 395. The first-order valence-electron chi connectivity index (χ1n) is 3.53. The molecule has 6 heteroatoms. The molecule has 0 aliphatic carbocycles. The van der Waals surface area contributed by atoms with Crippen molar-refractivity contribution in [2.75, 3.05) is 12.8 Å². The number of hydrogen-bond donors (Lipinski definition) is 2. The molecule has 1 rings (SSSR count). The predicted molar refractivity (Wildman–Crippen MR) is 49.3 cm³/mol. The zero-order valence-electron chi connectivity index (χ0n) is 7.17. The van der Waals surface area contributed by atoms with Crippen LogP contribution in [0.3, 0.4) is 0 Å². The van der Waals surface area contributed by atoms with Gasteiger partial charge in [0.05, 0.1) is 12.8 Å². The van der Waals surface area contributed by atoms with E-state index in [9.17, 15) is 9.18 Å². The fourth-order valence-corrected chi connectivity index (χ4v) is 1.13. The Morgan fingerprint density at radius 1 is 1.71 bits per heavy atom. The lowest BCUT2D eigenvalue weighted by Crippen LogP contribution is -2.05. The van der Waals surface area contributed by atoms with Gasteiger partial charge in [0.1, 0.15) is 10.6 Å². The van der Waals surface area contributed by atoms with E-state index in [0.29, 0.717) is 0 Å². The van der Waals surface area contributed by atoms with E-state index in [4.69, 9.17) is 22.4 Å². The summed E-state index contributed by atoms with van der Waals surface area (Å²) in [7, 11) is 1.15. The van der Waals surface area contributed by atoms with Gasteiger partial charge in [-0.05, 0) is 6.07 Å². The van der Waals surface area contributed by atoms with Crippen LogP contribution in [0.1, 0.15) is 10.4 Å². The predicted octanol–water partition coefficient (Wildman–Crippen LogP) is 1.77. The molecule has 0 fully saturated rings. The third-order valence-corrected chi connectivity index (χ3v) is 2.01. The summed E-state index contributed by atoms with van der Waals surface area (Å²) in [4.78, 5) is 10.7. The second-order valence-corrected chi connectivity index (χ2v) is 2.86. The number of aromatic carboxylic acids is 1. The molecule has 76 valence electrons. The van der Waals surface area contributed by atoms with Gasteiger partial charge >= 0.3 is 5.97 Å². The average molecular weight is 220 g/mol. The number of halogens is 2. The van der Waals surface area contributed by atoms with Crippen molar-refractivity contribution in [1.82, 2.24) is 0 Å². The van der Waals surface area contributed by atoms with Crippen molar-refractivity contribution in [2.24, 2.45) is 0 Å². The average Bonchev–Trinajstić information content (AvgIpc) is 2.13. The number of carboxylic acids is 1. The number of benzene rings is 1. The number of nitrogens with two attached hydrogens (primary N) is 1. The van der Waals surface area contributed by atoms with Gasteiger partial charge < -0.3 is 15.6 Å². The number of carboxylic acid groups (broad SMARTS) is 1. The Kier molecular flexibility index (Phi) is 2.81. The molecule has 0 saturated carbocycles. The number of rotatable bonds is 2. The van der Waals surface area contributed by atoms with Crippen LogP contribution in [0.15, 0.2) is 6.07 Å². The number of nitrogen functional groups attached to an aromatic ring is 1. The molecule has 0 spiro atoms. The molecule has 0 heterocycles. The molecule has 0 bridgehead atoms. The van der Waals surface area contributed by atoms with E-state index >= 15 is 0 Å². The standard InChI is InChI=1S/C8H7ClFNO3/c1-14-7-3(8(12)13)2-4(11)5(9)6(7)10/h2H,11H2,1H3,(H,12,13). The second kappa shape index (κ2) is 3.71. The Hall–Kier alpha value is -1.49. The topological polar surface area (TPSA) is 72.5 Å². The van der Waals surface area contributed by atoms with Crippen LogP contribution in [-0.2, 0) is 0 Å². The first-order chi connectivity index (χ1) is 6.49. The fraction of sp³-hybridized carbons (Fsp3) is 0.125. The van der Waals surface area contributed by atoms with Crippen LogP contribution in [0, 0.1) is 5.82 Å². The molecule has 0 atom stereocenters. The van der Waals surface area contributed by atoms with Crippen molar-refractivity contribution < 1.29 is 19.0 Å². The van der Waals surface area contributed by atoms with Gasteiger partial charge in [0, 0.05) is 0 Å². The van der Waals surface area contributed by atoms with E-state index < -0.39 is 17.5 Å². The van der Waals surface area contributed by atoms with Crippen LogP contribution < -0.4 is 10.5 Å². The summed E-state index contributed by atoms with van der Waals surface area (Å²) in [5, 5.41) is 8.35. The Balaban J connectivity index is 3.51. The first kappa shape index (κ1) is 10.6. The highest BCUT2D eigenvalue weighted by molar-refractivity contribution is 6.33. The molecule has 0 radical (unpaired) electrons. The van der Waals surface area contributed by atoms with E-state index in [2.05, 4.69) is 4.74 Å². The van der Waals surface area contributed by atoms with Crippen LogP contribution in [0.25, 0.3) is 0 Å². The smallest absolute Gasteiger partial charge is 0.339 e. The summed E-state index contributed by atoms with van der Waals surface area (Å²) in [6.07, 6.45) is 0. The van der Waals surface area contributed by atoms with Gasteiger partial charge in [0.2, 0.25) is 0 Å². The monoisotopic (exact) mass is 219 g/mol. The third kappa shape index (κ3) is 1.58. The molecule has 0 aromatic heterocycles. The van der Waals surface area contributed by atoms with E-state index in [1.807, 2.05) is 0 Å². The van der Waals surface area contributed by atoms with E-state index in [1.165, 1.54) is 0 Å². The molecule has 0 aliphatic rings. The highest BCUT2D eigenvalue weighted by atomic mass is 35.5. The van der Waals surface area contributed by atoms with Crippen LogP contribution in [0.5, 0.6) is 5.75 Å². The normalized spacial score (nSPS) is 9.93. The first-order valence-corrected chi connectivity index (χ1v) is 3.91. The van der Waals surface area contributed by atoms with Crippen LogP contribution >= 0.6 is 11.6 Å². The van der Waals surface area contributed by atoms with Gasteiger partial charge in [-0.1, -0.05) is 11.6 Å². The van der Waals surface area contributed by atoms with Gasteiger partial charge in [0.15, 0.2) is 11.6 Å². The molecule has 3 N–H and O–H groups in total. The molecule has 4 nitrogen and oxygen atoms in total. The maximum Gasteiger partial charge on any atom is 0.339 e. The zero-order chi connectivity index (χ0) is 10.9. The third-order valence-electron chi connectivity index (χ3n) is 1.62. The number of carbonyl (C=O) groups is 1.